The van der Waals surface area contributed by atoms with E-state index in [4.69, 9.17) is 11.6 Å². The van der Waals surface area contributed by atoms with Crippen molar-refractivity contribution in [2.45, 2.75) is 25.9 Å². The summed E-state index contributed by atoms with van der Waals surface area (Å²) in [4.78, 5) is 32.6. The molecule has 0 spiro atoms. The fourth-order valence-corrected chi connectivity index (χ4v) is 6.63. The Hall–Kier alpha value is -2.23. The van der Waals surface area contributed by atoms with Crippen LogP contribution in [0.15, 0.2) is 41.5 Å². The summed E-state index contributed by atoms with van der Waals surface area (Å²) in [6.07, 6.45) is 1.81. The zero-order valence-corrected chi connectivity index (χ0v) is 18.6. The minimum Gasteiger partial charge on any atom is -0.337 e. The molecule has 3 heterocycles. The molecular weight excluding hydrogens is 446 g/mol. The maximum Gasteiger partial charge on any atom is 0.271 e. The molecule has 158 valence electrons. The molecule has 30 heavy (non-hydrogen) atoms. The molecule has 10 heteroatoms. The summed E-state index contributed by atoms with van der Waals surface area (Å²) in [6, 6.07) is 8.84. The molecule has 3 aromatic rings. The van der Waals surface area contributed by atoms with Gasteiger partial charge in [-0.1, -0.05) is 23.7 Å². The number of fused-ring (bicyclic) bond motifs is 1. The van der Waals surface area contributed by atoms with Crippen LogP contribution in [0.1, 0.15) is 13.3 Å². The van der Waals surface area contributed by atoms with E-state index in [0.29, 0.717) is 28.2 Å². The summed E-state index contributed by atoms with van der Waals surface area (Å²) in [5.74, 6) is -0.205. The topological polar surface area (TPSA) is 89.3 Å². The summed E-state index contributed by atoms with van der Waals surface area (Å²) in [6.45, 7) is 2.04. The molecule has 1 atom stereocenters. The van der Waals surface area contributed by atoms with Gasteiger partial charge in [-0.05, 0) is 37.1 Å². The van der Waals surface area contributed by atoms with Crippen molar-refractivity contribution >= 4 is 48.9 Å². The van der Waals surface area contributed by atoms with Crippen LogP contribution >= 0.6 is 22.9 Å². The first-order valence-corrected chi connectivity index (χ1v) is 12.5. The molecule has 1 aliphatic rings. The van der Waals surface area contributed by atoms with Gasteiger partial charge in [0.15, 0.2) is 9.84 Å². The van der Waals surface area contributed by atoms with Crippen LogP contribution in [-0.2, 0) is 21.2 Å². The average molecular weight is 466 g/mol. The van der Waals surface area contributed by atoms with Crippen molar-refractivity contribution in [1.29, 1.82) is 0 Å². The summed E-state index contributed by atoms with van der Waals surface area (Å²) in [7, 11) is -3.10. The number of carbonyl (C=O) groups excluding carboxylic acids is 1. The number of halogens is 1. The Morgan fingerprint density at radius 2 is 2.07 bits per heavy atom. The number of rotatable bonds is 5. The van der Waals surface area contributed by atoms with Crippen molar-refractivity contribution in [2.75, 3.05) is 18.1 Å². The smallest absolute Gasteiger partial charge is 0.271 e. The van der Waals surface area contributed by atoms with Gasteiger partial charge in [0, 0.05) is 22.5 Å². The predicted molar refractivity (Wildman–Crippen MR) is 119 cm³/mol. The molecule has 0 saturated carbocycles. The van der Waals surface area contributed by atoms with E-state index in [1.165, 1.54) is 22.2 Å². The Bertz CT molecular complexity index is 1270. The third-order valence-electron chi connectivity index (χ3n) is 5.25. The summed E-state index contributed by atoms with van der Waals surface area (Å²) >= 11 is 7.26. The lowest BCUT2D eigenvalue weighted by molar-refractivity contribution is -0.133. The fourth-order valence-electron chi connectivity index (χ4n) is 3.71. The highest BCUT2D eigenvalue weighted by Gasteiger charge is 2.34. The number of hydrogen-bond donors (Lipinski definition) is 0. The van der Waals surface area contributed by atoms with Crippen LogP contribution < -0.4 is 5.56 Å². The van der Waals surface area contributed by atoms with Crippen LogP contribution in [0.5, 0.6) is 0 Å². The van der Waals surface area contributed by atoms with E-state index in [-0.39, 0.29) is 35.6 Å². The number of sulfone groups is 1. The van der Waals surface area contributed by atoms with Crippen molar-refractivity contribution in [3.63, 3.8) is 0 Å². The van der Waals surface area contributed by atoms with Gasteiger partial charge in [-0.2, -0.15) is 0 Å². The number of likely N-dealkylation sites (N-methyl/N-ethyl adjacent to an activating group) is 1. The summed E-state index contributed by atoms with van der Waals surface area (Å²) < 4.78 is 25.3. The summed E-state index contributed by atoms with van der Waals surface area (Å²) in [5.41, 5.74) is 1.23. The van der Waals surface area contributed by atoms with E-state index in [1.54, 1.807) is 17.0 Å². The highest BCUT2D eigenvalue weighted by atomic mass is 35.5. The Balaban J connectivity index is 1.60. The van der Waals surface area contributed by atoms with E-state index in [0.717, 1.165) is 10.4 Å². The van der Waals surface area contributed by atoms with Crippen molar-refractivity contribution < 1.29 is 13.2 Å². The minimum absolute atomic E-state index is 0.0197. The monoisotopic (exact) mass is 465 g/mol. The molecule has 0 radical (unpaired) electrons. The second-order valence-corrected chi connectivity index (χ2v) is 11.0. The third kappa shape index (κ3) is 4.14. The van der Waals surface area contributed by atoms with Gasteiger partial charge in [0.2, 0.25) is 5.91 Å². The Morgan fingerprint density at radius 1 is 1.33 bits per heavy atom. The summed E-state index contributed by atoms with van der Waals surface area (Å²) in [5, 5.41) is 0.634. The lowest BCUT2D eigenvalue weighted by Crippen LogP contribution is -2.43. The number of carbonyl (C=O) groups is 1. The van der Waals surface area contributed by atoms with Gasteiger partial charge < -0.3 is 4.90 Å². The third-order valence-corrected chi connectivity index (χ3v) is 8.41. The first-order chi connectivity index (χ1) is 14.3. The molecule has 1 saturated heterocycles. The van der Waals surface area contributed by atoms with Crippen molar-refractivity contribution in [1.82, 2.24) is 14.5 Å². The van der Waals surface area contributed by atoms with Gasteiger partial charge in [-0.15, -0.1) is 11.3 Å². The molecule has 1 aliphatic heterocycles. The van der Waals surface area contributed by atoms with Crippen molar-refractivity contribution in [3.05, 3.63) is 52.0 Å². The lowest BCUT2D eigenvalue weighted by Gasteiger charge is -2.27. The number of thiophene rings is 1. The molecule has 1 amide bonds. The molecular formula is C20H20ClN3O4S2. The Morgan fingerprint density at radius 3 is 2.70 bits per heavy atom. The first kappa shape index (κ1) is 21.0. The van der Waals surface area contributed by atoms with E-state index >= 15 is 0 Å². The zero-order valence-electron chi connectivity index (χ0n) is 16.2. The Kier molecular flexibility index (Phi) is 5.69. The molecule has 0 bridgehead atoms. The molecule has 1 fully saturated rings. The van der Waals surface area contributed by atoms with Crippen LogP contribution in [0.2, 0.25) is 5.02 Å². The quantitative estimate of drug-likeness (QED) is 0.578. The van der Waals surface area contributed by atoms with E-state index in [9.17, 15) is 18.0 Å². The molecule has 1 aromatic carbocycles. The van der Waals surface area contributed by atoms with Crippen LogP contribution in [0.3, 0.4) is 0 Å². The number of amides is 1. The largest absolute Gasteiger partial charge is 0.337 e. The van der Waals surface area contributed by atoms with Gasteiger partial charge in [-0.3, -0.25) is 14.2 Å². The number of nitrogens with zero attached hydrogens (tertiary/aromatic N) is 3. The standard InChI is InChI=1S/C20H20ClN3O4S2/c1-2-24(15-7-8-30(27,28)11-15)18(25)10-23-12-22-16-9-17(29-19(16)20(23)26)13-3-5-14(21)6-4-13/h3-6,9,12,15H,2,7-8,10-11H2,1H3. The minimum atomic E-state index is -3.10. The maximum absolute atomic E-state index is 12.9. The highest BCUT2D eigenvalue weighted by Crippen LogP contribution is 2.31. The van der Waals surface area contributed by atoms with Gasteiger partial charge in [0.25, 0.3) is 5.56 Å². The van der Waals surface area contributed by atoms with E-state index in [2.05, 4.69) is 4.98 Å². The van der Waals surface area contributed by atoms with Gasteiger partial charge in [-0.25, -0.2) is 13.4 Å². The normalized spacial score (nSPS) is 18.0. The van der Waals surface area contributed by atoms with Crippen LogP contribution in [0.25, 0.3) is 20.7 Å². The fraction of sp³-hybridized carbons (Fsp3) is 0.350. The van der Waals surface area contributed by atoms with Crippen LogP contribution in [-0.4, -0.2) is 52.9 Å². The lowest BCUT2D eigenvalue weighted by atomic mass is 10.2. The van der Waals surface area contributed by atoms with Gasteiger partial charge >= 0.3 is 0 Å². The SMILES string of the molecule is CCN(C(=O)Cn1cnc2cc(-c3ccc(Cl)cc3)sc2c1=O)C1CCS(=O)(=O)C1. The molecule has 4 rings (SSSR count). The Labute approximate surface area is 182 Å². The van der Waals surface area contributed by atoms with Crippen LogP contribution in [0, 0.1) is 0 Å². The van der Waals surface area contributed by atoms with E-state index in [1.807, 2.05) is 25.1 Å². The predicted octanol–water partition coefficient (Wildman–Crippen LogP) is 2.81. The number of benzene rings is 1. The zero-order chi connectivity index (χ0) is 21.5. The second kappa shape index (κ2) is 8.13. The van der Waals surface area contributed by atoms with Crippen molar-refractivity contribution in [3.8, 4) is 10.4 Å². The van der Waals surface area contributed by atoms with E-state index < -0.39 is 9.84 Å². The first-order valence-electron chi connectivity index (χ1n) is 9.52. The average Bonchev–Trinajstić information content (AvgIpc) is 3.29. The van der Waals surface area contributed by atoms with Crippen molar-refractivity contribution in [2.24, 2.45) is 0 Å². The van der Waals surface area contributed by atoms with Crippen LogP contribution in [0.4, 0.5) is 0 Å². The highest BCUT2D eigenvalue weighted by molar-refractivity contribution is 7.91. The molecule has 0 aliphatic carbocycles. The number of aromatic nitrogens is 2. The molecule has 2 aromatic heterocycles. The number of hydrogen-bond acceptors (Lipinski definition) is 6. The molecule has 1 unspecified atom stereocenters. The maximum atomic E-state index is 12.9. The van der Waals surface area contributed by atoms with Gasteiger partial charge in [0.1, 0.15) is 11.2 Å². The molecule has 7 nitrogen and oxygen atoms in total. The second-order valence-electron chi connectivity index (χ2n) is 7.25. The van der Waals surface area contributed by atoms with Gasteiger partial charge in [0.05, 0.1) is 23.3 Å². The molecule has 0 N–H and O–H groups in total.